The molecule has 0 aliphatic heterocycles. The highest BCUT2D eigenvalue weighted by Crippen LogP contribution is 2.25. The molecule has 3 aromatic heterocycles. The van der Waals surface area contributed by atoms with Gasteiger partial charge in [0.2, 0.25) is 0 Å². The number of hydrogen-bond donors (Lipinski definition) is 1. The Hall–Kier alpha value is -2.24. The first-order valence-corrected chi connectivity index (χ1v) is 5.34. The van der Waals surface area contributed by atoms with Crippen LogP contribution in [0.25, 0.3) is 22.4 Å². The lowest BCUT2D eigenvalue weighted by Crippen LogP contribution is -1.92. The van der Waals surface area contributed by atoms with Gasteiger partial charge in [-0.1, -0.05) is 0 Å². The molecule has 0 aliphatic carbocycles. The first kappa shape index (κ1) is 9.95. The average molecular weight is 228 g/mol. The van der Waals surface area contributed by atoms with Crippen LogP contribution in [0.1, 0.15) is 11.3 Å². The molecule has 0 amide bonds. The van der Waals surface area contributed by atoms with Gasteiger partial charge in [-0.25, -0.2) is 5.10 Å². The summed E-state index contributed by atoms with van der Waals surface area (Å²) < 4.78 is 2.15. The Kier molecular flexibility index (Phi) is 1.98. The van der Waals surface area contributed by atoms with Crippen molar-refractivity contribution in [2.24, 2.45) is 7.05 Å². The number of pyridine rings is 1. The third kappa shape index (κ3) is 1.33. The molecule has 6 nitrogen and oxygen atoms in total. The first-order valence-electron chi connectivity index (χ1n) is 5.34. The summed E-state index contributed by atoms with van der Waals surface area (Å²) in [6, 6.07) is 2.00. The highest BCUT2D eigenvalue weighted by Gasteiger charge is 2.11. The number of aromatic amines is 1. The van der Waals surface area contributed by atoms with Crippen molar-refractivity contribution in [2.45, 2.75) is 13.8 Å². The summed E-state index contributed by atoms with van der Waals surface area (Å²) in [7, 11) is 2.05. The highest BCUT2D eigenvalue weighted by molar-refractivity contribution is 5.86. The molecule has 0 spiro atoms. The molecule has 0 fully saturated rings. The number of fused-ring (bicyclic) bond motifs is 1. The van der Waals surface area contributed by atoms with Gasteiger partial charge in [0.1, 0.15) is 5.69 Å². The summed E-state index contributed by atoms with van der Waals surface area (Å²) in [4.78, 5) is 4.38. The molecule has 3 aromatic rings. The molecule has 0 unspecified atom stereocenters. The van der Waals surface area contributed by atoms with E-state index in [1.54, 1.807) is 0 Å². The van der Waals surface area contributed by atoms with Crippen molar-refractivity contribution >= 4 is 10.9 Å². The molecule has 0 saturated heterocycles. The Morgan fingerprint density at radius 1 is 1.29 bits per heavy atom. The fraction of sp³-hybridized carbons (Fsp3) is 0.273. The van der Waals surface area contributed by atoms with E-state index >= 15 is 0 Å². The van der Waals surface area contributed by atoms with Gasteiger partial charge in [-0.05, 0) is 35.9 Å². The zero-order chi connectivity index (χ0) is 12.0. The molecule has 0 saturated carbocycles. The molecule has 1 N–H and O–H groups in total. The monoisotopic (exact) mass is 228 g/mol. The summed E-state index contributed by atoms with van der Waals surface area (Å²) in [6.45, 7) is 4.21. The van der Waals surface area contributed by atoms with Crippen LogP contribution < -0.4 is 0 Å². The van der Waals surface area contributed by atoms with Gasteiger partial charge in [0.25, 0.3) is 0 Å². The van der Waals surface area contributed by atoms with Crippen molar-refractivity contribution in [1.29, 1.82) is 0 Å². The fourth-order valence-electron chi connectivity index (χ4n) is 2.04. The zero-order valence-electron chi connectivity index (χ0n) is 9.89. The topological polar surface area (TPSA) is 72.3 Å². The van der Waals surface area contributed by atoms with Crippen LogP contribution in [0.2, 0.25) is 0 Å². The second-order valence-electron chi connectivity index (χ2n) is 4.11. The maximum Gasteiger partial charge on any atom is 0.198 e. The Labute approximate surface area is 97.7 Å². The van der Waals surface area contributed by atoms with E-state index in [-0.39, 0.29) is 0 Å². The van der Waals surface area contributed by atoms with Gasteiger partial charge in [0.05, 0.1) is 5.52 Å². The lowest BCUT2D eigenvalue weighted by molar-refractivity contribution is 0.881. The zero-order valence-corrected chi connectivity index (χ0v) is 9.89. The molecule has 0 radical (unpaired) electrons. The van der Waals surface area contributed by atoms with Crippen molar-refractivity contribution in [3.63, 3.8) is 0 Å². The van der Waals surface area contributed by atoms with Crippen LogP contribution in [-0.2, 0) is 7.05 Å². The Morgan fingerprint density at radius 2 is 2.12 bits per heavy atom. The average Bonchev–Trinajstić information content (AvgIpc) is 2.94. The van der Waals surface area contributed by atoms with Crippen molar-refractivity contribution in [3.8, 4) is 11.5 Å². The minimum Gasteiger partial charge on any atom is -0.348 e. The van der Waals surface area contributed by atoms with Crippen LogP contribution in [0.4, 0.5) is 0 Å². The minimum atomic E-state index is 0.586. The maximum absolute atomic E-state index is 4.38. The summed E-state index contributed by atoms with van der Waals surface area (Å²) >= 11 is 0. The van der Waals surface area contributed by atoms with Gasteiger partial charge < -0.3 is 4.57 Å². The van der Waals surface area contributed by atoms with E-state index in [2.05, 4.69) is 44.0 Å². The van der Waals surface area contributed by atoms with Crippen molar-refractivity contribution in [2.75, 3.05) is 0 Å². The van der Waals surface area contributed by atoms with Crippen molar-refractivity contribution < 1.29 is 0 Å². The number of aromatic nitrogens is 6. The van der Waals surface area contributed by atoms with E-state index < -0.39 is 0 Å². The summed E-state index contributed by atoms with van der Waals surface area (Å²) in [5.41, 5.74) is 4.40. The Morgan fingerprint density at radius 3 is 2.82 bits per heavy atom. The molecular formula is C11H12N6. The summed E-state index contributed by atoms with van der Waals surface area (Å²) in [6.07, 6.45) is 1.87. The molecule has 0 aromatic carbocycles. The quantitative estimate of drug-likeness (QED) is 0.682. The molecule has 3 rings (SSSR count). The number of nitrogens with one attached hydrogen (secondary N) is 1. The van der Waals surface area contributed by atoms with E-state index in [0.29, 0.717) is 5.82 Å². The number of nitrogens with zero attached hydrogens (tertiary/aromatic N) is 5. The lowest BCUT2D eigenvalue weighted by atomic mass is 10.2. The van der Waals surface area contributed by atoms with Gasteiger partial charge in [-0.2, -0.15) is 0 Å². The van der Waals surface area contributed by atoms with Crippen LogP contribution in [0.15, 0.2) is 12.3 Å². The summed E-state index contributed by atoms with van der Waals surface area (Å²) in [5, 5.41) is 14.9. The van der Waals surface area contributed by atoms with Gasteiger partial charge >= 0.3 is 0 Å². The molecule has 0 bridgehead atoms. The van der Waals surface area contributed by atoms with E-state index in [9.17, 15) is 0 Å². The van der Waals surface area contributed by atoms with E-state index in [4.69, 9.17) is 0 Å². The van der Waals surface area contributed by atoms with E-state index in [1.807, 2.05) is 19.3 Å². The van der Waals surface area contributed by atoms with Crippen LogP contribution in [0, 0.1) is 13.8 Å². The Bertz CT molecular complexity index is 680. The number of H-pyrrole nitrogens is 1. The van der Waals surface area contributed by atoms with Crippen molar-refractivity contribution in [3.05, 3.63) is 23.5 Å². The lowest BCUT2D eigenvalue weighted by Gasteiger charge is -1.99. The largest absolute Gasteiger partial charge is 0.348 e. The van der Waals surface area contributed by atoms with Gasteiger partial charge in [0, 0.05) is 24.3 Å². The third-order valence-electron chi connectivity index (χ3n) is 3.28. The molecule has 0 aliphatic rings. The molecule has 0 atom stereocenters. The SMILES string of the molecule is Cc1c(C)n(C)c2cc(-c3nnn[nH]3)ncc12. The van der Waals surface area contributed by atoms with Gasteiger partial charge in [0.15, 0.2) is 5.82 Å². The normalized spacial score (nSPS) is 11.2. The second-order valence-corrected chi connectivity index (χ2v) is 4.11. The predicted octanol–water partition coefficient (Wildman–Crippen LogP) is 1.37. The van der Waals surface area contributed by atoms with Crippen LogP contribution in [0.3, 0.4) is 0 Å². The second kappa shape index (κ2) is 3.38. The van der Waals surface area contributed by atoms with Gasteiger partial charge in [-0.15, -0.1) is 5.10 Å². The van der Waals surface area contributed by atoms with E-state index in [1.165, 1.54) is 16.6 Å². The summed E-state index contributed by atoms with van der Waals surface area (Å²) in [5.74, 6) is 0.586. The predicted molar refractivity (Wildman–Crippen MR) is 63.4 cm³/mol. The Balaban J connectivity index is 2.30. The smallest absolute Gasteiger partial charge is 0.198 e. The van der Waals surface area contributed by atoms with E-state index in [0.717, 1.165) is 11.2 Å². The molecule has 17 heavy (non-hydrogen) atoms. The maximum atomic E-state index is 4.38. The number of tetrazole rings is 1. The number of hydrogen-bond acceptors (Lipinski definition) is 4. The molecule has 6 heteroatoms. The number of aryl methyl sites for hydroxylation is 2. The van der Waals surface area contributed by atoms with Crippen LogP contribution in [-0.4, -0.2) is 30.2 Å². The van der Waals surface area contributed by atoms with Crippen LogP contribution >= 0.6 is 0 Å². The van der Waals surface area contributed by atoms with Crippen molar-refractivity contribution in [1.82, 2.24) is 30.2 Å². The molecular weight excluding hydrogens is 216 g/mol. The highest BCUT2D eigenvalue weighted by atomic mass is 15.5. The number of rotatable bonds is 1. The van der Waals surface area contributed by atoms with Crippen LogP contribution in [0.5, 0.6) is 0 Å². The standard InChI is InChI=1S/C11H12N6/c1-6-7(2)17(3)10-4-9(12-5-8(6)10)11-13-15-16-14-11/h4-5H,1-3H3,(H,13,14,15,16). The first-order chi connectivity index (χ1) is 8.18. The van der Waals surface area contributed by atoms with Gasteiger partial charge in [-0.3, -0.25) is 4.98 Å². The minimum absolute atomic E-state index is 0.586. The third-order valence-corrected chi connectivity index (χ3v) is 3.28. The molecule has 3 heterocycles. The fourth-order valence-corrected chi connectivity index (χ4v) is 2.04. The molecule has 86 valence electrons.